The Balaban J connectivity index is 2.11. The number of anilines is 2. The zero-order valence-corrected chi connectivity index (χ0v) is 11.7. The maximum absolute atomic E-state index is 4.29. The number of hydrogen-bond donors (Lipinski definition) is 1. The quantitative estimate of drug-likeness (QED) is 0.875. The van der Waals surface area contributed by atoms with Crippen molar-refractivity contribution in [2.75, 3.05) is 36.1 Å². The Hall–Kier alpha value is -0.900. The van der Waals surface area contributed by atoms with Gasteiger partial charge in [0.15, 0.2) is 0 Å². The lowest BCUT2D eigenvalue weighted by Gasteiger charge is -2.24. The van der Waals surface area contributed by atoms with Crippen LogP contribution < -0.4 is 10.2 Å². The third-order valence-corrected chi connectivity index (χ3v) is 4.59. The number of hydrogen-bond acceptors (Lipinski definition) is 4. The molecule has 1 fully saturated rings. The molecule has 0 bridgehead atoms. The van der Waals surface area contributed by atoms with E-state index in [1.165, 1.54) is 17.9 Å². The third kappa shape index (κ3) is 3.28. The first-order chi connectivity index (χ1) is 8.11. The molecule has 0 aliphatic carbocycles. The Labute approximate surface area is 108 Å². The fraction of sp³-hybridized carbons (Fsp3) is 0.615. The molecule has 0 atom stereocenters. The SMILES string of the molecule is CNc1cncc(N2CCSC(C)(C)CC2)c1. The molecule has 4 heteroatoms. The smallest absolute Gasteiger partial charge is 0.0573 e. The molecular formula is C13H21N3S. The summed E-state index contributed by atoms with van der Waals surface area (Å²) < 4.78 is 0.406. The van der Waals surface area contributed by atoms with Crippen molar-refractivity contribution in [2.24, 2.45) is 0 Å². The van der Waals surface area contributed by atoms with Crippen molar-refractivity contribution in [2.45, 2.75) is 25.0 Å². The zero-order chi connectivity index (χ0) is 12.3. The van der Waals surface area contributed by atoms with E-state index in [0.29, 0.717) is 4.75 Å². The molecule has 2 rings (SSSR count). The van der Waals surface area contributed by atoms with Crippen LogP contribution in [0.25, 0.3) is 0 Å². The molecule has 1 aliphatic rings. The number of rotatable bonds is 2. The Kier molecular flexibility index (Phi) is 3.82. The van der Waals surface area contributed by atoms with Crippen LogP contribution in [0.4, 0.5) is 11.4 Å². The van der Waals surface area contributed by atoms with Crippen LogP contribution in [0.1, 0.15) is 20.3 Å². The number of nitrogens with one attached hydrogen (secondary N) is 1. The lowest BCUT2D eigenvalue weighted by molar-refractivity contribution is 0.637. The van der Waals surface area contributed by atoms with E-state index in [1.807, 2.05) is 19.4 Å². The van der Waals surface area contributed by atoms with Gasteiger partial charge in [0.2, 0.25) is 0 Å². The number of aromatic nitrogens is 1. The fourth-order valence-electron chi connectivity index (χ4n) is 2.02. The Morgan fingerprint density at radius 1 is 1.35 bits per heavy atom. The second kappa shape index (κ2) is 5.17. The molecule has 0 amide bonds. The molecule has 1 aromatic heterocycles. The largest absolute Gasteiger partial charge is 0.387 e. The monoisotopic (exact) mass is 251 g/mol. The summed E-state index contributed by atoms with van der Waals surface area (Å²) in [5, 5.41) is 3.14. The molecule has 0 radical (unpaired) electrons. The molecule has 1 saturated heterocycles. The van der Waals surface area contributed by atoms with Crippen LogP contribution in [-0.4, -0.2) is 35.6 Å². The van der Waals surface area contributed by atoms with Gasteiger partial charge in [-0.15, -0.1) is 0 Å². The standard InChI is InChI=1S/C13H21N3S/c1-13(2)4-5-16(6-7-17-13)12-8-11(14-3)9-15-10-12/h8-10,14H,4-7H2,1-3H3. The van der Waals surface area contributed by atoms with Crippen LogP contribution in [0.3, 0.4) is 0 Å². The molecule has 1 aliphatic heterocycles. The summed E-state index contributed by atoms with van der Waals surface area (Å²) in [6.07, 6.45) is 5.05. The Morgan fingerprint density at radius 2 is 2.18 bits per heavy atom. The highest BCUT2D eigenvalue weighted by molar-refractivity contribution is 8.00. The minimum Gasteiger partial charge on any atom is -0.387 e. The van der Waals surface area contributed by atoms with Gasteiger partial charge in [-0.3, -0.25) is 4.98 Å². The van der Waals surface area contributed by atoms with Crippen LogP contribution in [0, 0.1) is 0 Å². The van der Waals surface area contributed by atoms with Crippen LogP contribution in [0.5, 0.6) is 0 Å². The zero-order valence-electron chi connectivity index (χ0n) is 10.9. The fourth-order valence-corrected chi connectivity index (χ4v) is 3.12. The average Bonchev–Trinajstić information content (AvgIpc) is 2.50. The van der Waals surface area contributed by atoms with Crippen molar-refractivity contribution in [1.82, 2.24) is 4.98 Å². The van der Waals surface area contributed by atoms with Crippen molar-refractivity contribution in [1.29, 1.82) is 0 Å². The van der Waals surface area contributed by atoms with Crippen molar-refractivity contribution >= 4 is 23.1 Å². The van der Waals surface area contributed by atoms with Gasteiger partial charge in [-0.2, -0.15) is 11.8 Å². The molecular weight excluding hydrogens is 230 g/mol. The van der Waals surface area contributed by atoms with E-state index >= 15 is 0 Å². The molecule has 2 heterocycles. The van der Waals surface area contributed by atoms with Crippen LogP contribution >= 0.6 is 11.8 Å². The van der Waals surface area contributed by atoms with E-state index in [-0.39, 0.29) is 0 Å². The molecule has 1 N–H and O–H groups in total. The Bertz CT molecular complexity index is 379. The van der Waals surface area contributed by atoms with Crippen molar-refractivity contribution < 1.29 is 0 Å². The van der Waals surface area contributed by atoms with Gasteiger partial charge in [-0.25, -0.2) is 0 Å². The van der Waals surface area contributed by atoms with E-state index < -0.39 is 0 Å². The van der Waals surface area contributed by atoms with Crippen molar-refractivity contribution in [3.05, 3.63) is 18.5 Å². The summed E-state index contributed by atoms with van der Waals surface area (Å²) in [5.74, 6) is 1.19. The molecule has 0 spiro atoms. The normalized spacial score (nSPS) is 19.8. The third-order valence-electron chi connectivity index (χ3n) is 3.22. The number of nitrogens with zero attached hydrogens (tertiary/aromatic N) is 2. The highest BCUT2D eigenvalue weighted by Gasteiger charge is 2.23. The maximum Gasteiger partial charge on any atom is 0.0573 e. The lowest BCUT2D eigenvalue weighted by atomic mass is 10.1. The molecule has 0 unspecified atom stereocenters. The first-order valence-corrected chi connectivity index (χ1v) is 7.11. The van der Waals surface area contributed by atoms with Gasteiger partial charge in [0, 0.05) is 30.6 Å². The van der Waals surface area contributed by atoms with Crippen LogP contribution in [-0.2, 0) is 0 Å². The van der Waals surface area contributed by atoms with Crippen LogP contribution in [0.2, 0.25) is 0 Å². The summed E-state index contributed by atoms with van der Waals surface area (Å²) in [6, 6.07) is 2.18. The van der Waals surface area contributed by atoms with E-state index in [1.54, 1.807) is 0 Å². The van der Waals surface area contributed by atoms with Crippen molar-refractivity contribution in [3.63, 3.8) is 0 Å². The number of pyridine rings is 1. The summed E-state index contributed by atoms with van der Waals surface area (Å²) in [7, 11) is 1.93. The topological polar surface area (TPSA) is 28.2 Å². The van der Waals surface area contributed by atoms with Gasteiger partial charge in [0.1, 0.15) is 0 Å². The number of thioether (sulfide) groups is 1. The summed E-state index contributed by atoms with van der Waals surface area (Å²) in [5.41, 5.74) is 2.31. The summed E-state index contributed by atoms with van der Waals surface area (Å²) in [4.78, 5) is 6.73. The lowest BCUT2D eigenvalue weighted by Crippen LogP contribution is -2.27. The average molecular weight is 251 g/mol. The van der Waals surface area contributed by atoms with Gasteiger partial charge in [0.25, 0.3) is 0 Å². The van der Waals surface area contributed by atoms with Gasteiger partial charge in [0.05, 0.1) is 23.8 Å². The second-order valence-corrected chi connectivity index (χ2v) is 6.83. The van der Waals surface area contributed by atoms with Gasteiger partial charge in [-0.1, -0.05) is 13.8 Å². The molecule has 0 aromatic carbocycles. The van der Waals surface area contributed by atoms with Gasteiger partial charge < -0.3 is 10.2 Å². The predicted molar refractivity (Wildman–Crippen MR) is 77.2 cm³/mol. The summed E-state index contributed by atoms with van der Waals surface area (Å²) in [6.45, 7) is 6.91. The van der Waals surface area contributed by atoms with E-state index in [2.05, 4.69) is 46.9 Å². The maximum atomic E-state index is 4.29. The first-order valence-electron chi connectivity index (χ1n) is 6.12. The molecule has 3 nitrogen and oxygen atoms in total. The highest BCUT2D eigenvalue weighted by atomic mass is 32.2. The predicted octanol–water partition coefficient (Wildman–Crippen LogP) is 2.85. The van der Waals surface area contributed by atoms with Gasteiger partial charge >= 0.3 is 0 Å². The van der Waals surface area contributed by atoms with Crippen LogP contribution in [0.15, 0.2) is 18.5 Å². The molecule has 0 saturated carbocycles. The minimum atomic E-state index is 0.406. The molecule has 1 aromatic rings. The van der Waals surface area contributed by atoms with E-state index in [9.17, 15) is 0 Å². The van der Waals surface area contributed by atoms with E-state index in [0.717, 1.165) is 18.8 Å². The Morgan fingerprint density at radius 3 is 2.94 bits per heavy atom. The van der Waals surface area contributed by atoms with Crippen molar-refractivity contribution in [3.8, 4) is 0 Å². The second-order valence-electron chi connectivity index (χ2n) is 5.03. The van der Waals surface area contributed by atoms with Gasteiger partial charge in [-0.05, 0) is 12.5 Å². The first kappa shape index (κ1) is 12.6. The molecule has 17 heavy (non-hydrogen) atoms. The summed E-state index contributed by atoms with van der Waals surface area (Å²) >= 11 is 2.07. The molecule has 94 valence electrons. The highest BCUT2D eigenvalue weighted by Crippen LogP contribution is 2.32. The van der Waals surface area contributed by atoms with E-state index in [4.69, 9.17) is 0 Å². The minimum absolute atomic E-state index is 0.406.